The average molecular weight is 238 g/mol. The van der Waals surface area contributed by atoms with Crippen molar-refractivity contribution in [1.82, 2.24) is 10.2 Å². The summed E-state index contributed by atoms with van der Waals surface area (Å²) in [6, 6.07) is 1.64. The van der Waals surface area contributed by atoms with Gasteiger partial charge in [0.2, 0.25) is 0 Å². The summed E-state index contributed by atoms with van der Waals surface area (Å²) < 4.78 is 0. The maximum atomic E-state index is 3.78. The molecule has 0 spiro atoms. The Morgan fingerprint density at radius 1 is 1.12 bits per heavy atom. The molecule has 1 aliphatic heterocycles. The third-order valence-corrected chi connectivity index (χ3v) is 4.73. The minimum Gasteiger partial charge on any atom is -0.314 e. The van der Waals surface area contributed by atoms with Gasteiger partial charge in [-0.1, -0.05) is 19.8 Å². The van der Waals surface area contributed by atoms with E-state index in [0.717, 1.165) is 18.0 Å². The Morgan fingerprint density at radius 2 is 1.94 bits per heavy atom. The Morgan fingerprint density at radius 3 is 2.65 bits per heavy atom. The molecule has 100 valence electrons. The fourth-order valence-corrected chi connectivity index (χ4v) is 3.59. The third-order valence-electron chi connectivity index (χ3n) is 4.73. The Kier molecular flexibility index (Phi) is 5.30. The van der Waals surface area contributed by atoms with Gasteiger partial charge in [0.05, 0.1) is 0 Å². The number of nitrogens with zero attached hydrogens (tertiary/aromatic N) is 1. The van der Waals surface area contributed by atoms with E-state index in [2.05, 4.69) is 24.1 Å². The highest BCUT2D eigenvalue weighted by atomic mass is 15.2. The van der Waals surface area contributed by atoms with Gasteiger partial charge in [-0.2, -0.15) is 0 Å². The maximum absolute atomic E-state index is 3.78. The second kappa shape index (κ2) is 6.75. The Balaban J connectivity index is 1.82. The van der Waals surface area contributed by atoms with Crippen molar-refractivity contribution in [3.63, 3.8) is 0 Å². The van der Waals surface area contributed by atoms with Gasteiger partial charge in [0, 0.05) is 18.6 Å². The van der Waals surface area contributed by atoms with Crippen LogP contribution in [-0.4, -0.2) is 36.6 Å². The van der Waals surface area contributed by atoms with Gasteiger partial charge in [0.1, 0.15) is 0 Å². The van der Waals surface area contributed by atoms with Gasteiger partial charge in [-0.15, -0.1) is 0 Å². The minimum absolute atomic E-state index is 0.802. The van der Waals surface area contributed by atoms with Crippen LogP contribution in [0.3, 0.4) is 0 Å². The van der Waals surface area contributed by atoms with E-state index in [1.54, 1.807) is 0 Å². The monoisotopic (exact) mass is 238 g/mol. The zero-order valence-corrected chi connectivity index (χ0v) is 11.8. The van der Waals surface area contributed by atoms with Crippen molar-refractivity contribution >= 4 is 0 Å². The van der Waals surface area contributed by atoms with E-state index in [1.165, 1.54) is 64.6 Å². The van der Waals surface area contributed by atoms with E-state index in [4.69, 9.17) is 0 Å². The van der Waals surface area contributed by atoms with Crippen LogP contribution in [0.4, 0.5) is 0 Å². The molecule has 3 unspecified atom stereocenters. The standard InChI is InChI=1S/C15H30N2/c1-3-10-16-15-9-5-4-8-14(15)12-17-11-6-7-13(17)2/h13-16H,3-12H2,1-2H3. The highest BCUT2D eigenvalue weighted by Gasteiger charge is 2.29. The van der Waals surface area contributed by atoms with Crippen molar-refractivity contribution in [1.29, 1.82) is 0 Å². The summed E-state index contributed by atoms with van der Waals surface area (Å²) in [7, 11) is 0. The lowest BCUT2D eigenvalue weighted by atomic mass is 9.84. The zero-order chi connectivity index (χ0) is 12.1. The first-order valence-corrected chi connectivity index (χ1v) is 7.78. The number of rotatable bonds is 5. The summed E-state index contributed by atoms with van der Waals surface area (Å²) in [6.07, 6.45) is 9.85. The minimum atomic E-state index is 0.802. The summed E-state index contributed by atoms with van der Waals surface area (Å²) >= 11 is 0. The molecule has 0 radical (unpaired) electrons. The van der Waals surface area contributed by atoms with Crippen LogP contribution in [0, 0.1) is 5.92 Å². The molecule has 2 fully saturated rings. The summed E-state index contributed by atoms with van der Waals surface area (Å²) in [6.45, 7) is 8.58. The van der Waals surface area contributed by atoms with Crippen LogP contribution in [0.15, 0.2) is 0 Å². The number of nitrogens with one attached hydrogen (secondary N) is 1. The van der Waals surface area contributed by atoms with Gasteiger partial charge >= 0.3 is 0 Å². The molecule has 0 bridgehead atoms. The van der Waals surface area contributed by atoms with E-state index in [9.17, 15) is 0 Å². The van der Waals surface area contributed by atoms with Gasteiger partial charge in [0.15, 0.2) is 0 Å². The highest BCUT2D eigenvalue weighted by molar-refractivity contribution is 4.86. The fourth-order valence-electron chi connectivity index (χ4n) is 3.59. The lowest BCUT2D eigenvalue weighted by Crippen LogP contribution is -2.45. The van der Waals surface area contributed by atoms with Gasteiger partial charge in [-0.05, 0) is 58.0 Å². The van der Waals surface area contributed by atoms with E-state index in [1.807, 2.05) is 0 Å². The normalized spacial score (nSPS) is 35.3. The number of likely N-dealkylation sites (tertiary alicyclic amines) is 1. The number of hydrogen-bond donors (Lipinski definition) is 1. The van der Waals surface area contributed by atoms with Crippen molar-refractivity contribution in [3.8, 4) is 0 Å². The van der Waals surface area contributed by atoms with E-state index >= 15 is 0 Å². The van der Waals surface area contributed by atoms with Crippen molar-refractivity contribution < 1.29 is 0 Å². The molecular weight excluding hydrogens is 208 g/mol. The molecule has 3 atom stereocenters. The molecule has 1 aliphatic carbocycles. The number of hydrogen-bond acceptors (Lipinski definition) is 2. The Bertz CT molecular complexity index is 217. The molecule has 1 saturated heterocycles. The van der Waals surface area contributed by atoms with Gasteiger partial charge in [0.25, 0.3) is 0 Å². The second-order valence-electron chi connectivity index (χ2n) is 6.09. The third kappa shape index (κ3) is 3.69. The van der Waals surface area contributed by atoms with Crippen LogP contribution in [0.25, 0.3) is 0 Å². The van der Waals surface area contributed by atoms with Gasteiger partial charge in [-0.3, -0.25) is 0 Å². The largest absolute Gasteiger partial charge is 0.314 e. The van der Waals surface area contributed by atoms with Crippen LogP contribution in [0.1, 0.15) is 58.8 Å². The molecule has 2 heteroatoms. The average Bonchev–Trinajstić information content (AvgIpc) is 2.74. The Hall–Kier alpha value is -0.0800. The second-order valence-corrected chi connectivity index (χ2v) is 6.09. The van der Waals surface area contributed by atoms with E-state index in [-0.39, 0.29) is 0 Å². The molecular formula is C15H30N2. The molecule has 0 aromatic carbocycles. The van der Waals surface area contributed by atoms with Crippen molar-refractivity contribution in [2.24, 2.45) is 5.92 Å². The first-order chi connectivity index (χ1) is 8.31. The van der Waals surface area contributed by atoms with Crippen molar-refractivity contribution in [3.05, 3.63) is 0 Å². The molecule has 2 aliphatic rings. The predicted molar refractivity (Wildman–Crippen MR) is 74.3 cm³/mol. The maximum Gasteiger partial charge on any atom is 0.0107 e. The molecule has 0 aromatic heterocycles. The topological polar surface area (TPSA) is 15.3 Å². The smallest absolute Gasteiger partial charge is 0.0107 e. The van der Waals surface area contributed by atoms with Crippen LogP contribution >= 0.6 is 0 Å². The van der Waals surface area contributed by atoms with Gasteiger partial charge < -0.3 is 10.2 Å². The van der Waals surface area contributed by atoms with E-state index < -0.39 is 0 Å². The molecule has 0 aromatic rings. The summed E-state index contributed by atoms with van der Waals surface area (Å²) in [4.78, 5) is 2.73. The van der Waals surface area contributed by atoms with Crippen LogP contribution in [0.2, 0.25) is 0 Å². The van der Waals surface area contributed by atoms with Crippen LogP contribution < -0.4 is 5.32 Å². The summed E-state index contributed by atoms with van der Waals surface area (Å²) in [5.41, 5.74) is 0. The zero-order valence-electron chi connectivity index (χ0n) is 11.8. The van der Waals surface area contributed by atoms with Crippen LogP contribution in [-0.2, 0) is 0 Å². The molecule has 2 nitrogen and oxygen atoms in total. The fraction of sp³-hybridized carbons (Fsp3) is 1.00. The first-order valence-electron chi connectivity index (χ1n) is 7.78. The lowest BCUT2D eigenvalue weighted by molar-refractivity contribution is 0.164. The molecule has 1 saturated carbocycles. The van der Waals surface area contributed by atoms with Crippen molar-refractivity contribution in [2.45, 2.75) is 70.9 Å². The quantitative estimate of drug-likeness (QED) is 0.792. The SMILES string of the molecule is CCCNC1CCCCC1CN1CCCC1C. The highest BCUT2D eigenvalue weighted by Crippen LogP contribution is 2.28. The van der Waals surface area contributed by atoms with Crippen LogP contribution in [0.5, 0.6) is 0 Å². The van der Waals surface area contributed by atoms with E-state index in [0.29, 0.717) is 0 Å². The summed E-state index contributed by atoms with van der Waals surface area (Å²) in [5, 5.41) is 3.78. The van der Waals surface area contributed by atoms with Gasteiger partial charge in [-0.25, -0.2) is 0 Å². The molecule has 1 heterocycles. The first kappa shape index (κ1) is 13.4. The predicted octanol–water partition coefficient (Wildman–Crippen LogP) is 3.03. The lowest BCUT2D eigenvalue weighted by Gasteiger charge is -2.36. The Labute approximate surface area is 107 Å². The molecule has 2 rings (SSSR count). The molecule has 0 amide bonds. The molecule has 17 heavy (non-hydrogen) atoms. The van der Waals surface area contributed by atoms with Crippen molar-refractivity contribution in [2.75, 3.05) is 19.6 Å². The molecule has 1 N–H and O–H groups in total. The summed E-state index contributed by atoms with van der Waals surface area (Å²) in [5.74, 6) is 0.913.